The number of hydrazine groups is 1. The summed E-state index contributed by atoms with van der Waals surface area (Å²) in [6, 6.07) is 0. The number of hydrogen-bond donors (Lipinski definition) is 0. The van der Waals surface area contributed by atoms with E-state index in [1.807, 2.05) is 0 Å². The molecule has 0 aromatic carbocycles. The van der Waals surface area contributed by atoms with E-state index < -0.39 is 0 Å². The van der Waals surface area contributed by atoms with Gasteiger partial charge in [0.05, 0.1) is 6.67 Å². The first-order valence-corrected chi connectivity index (χ1v) is 3.17. The Balaban J connectivity index is 2.08. The molecule has 2 aliphatic heterocycles. The molecule has 2 heterocycles. The fraction of sp³-hybridized carbons (Fsp3) is 1.00. The van der Waals surface area contributed by atoms with Gasteiger partial charge < -0.3 is 0 Å². The molecule has 0 spiro atoms. The van der Waals surface area contributed by atoms with E-state index >= 15 is 0 Å². The van der Waals surface area contributed by atoms with Gasteiger partial charge in [-0.3, -0.25) is 0 Å². The minimum Gasteiger partial charge on any atom is -0.224 e. The van der Waals surface area contributed by atoms with E-state index in [1.165, 1.54) is 19.8 Å². The molecule has 2 atom stereocenters. The van der Waals surface area contributed by atoms with Gasteiger partial charge in [0.2, 0.25) is 0 Å². The van der Waals surface area contributed by atoms with Crippen molar-refractivity contribution in [2.24, 2.45) is 5.41 Å². The molecule has 0 aliphatic carbocycles. The third-order valence-electron chi connectivity index (χ3n) is 1.86. The molecule has 2 unspecified atom stereocenters. The van der Waals surface area contributed by atoms with E-state index in [0.29, 0.717) is 5.41 Å². The SMILES string of the molecule is CC1(C)CN2CN2C1. The molecule has 2 heteroatoms. The van der Waals surface area contributed by atoms with Crippen molar-refractivity contribution in [1.29, 1.82) is 0 Å². The van der Waals surface area contributed by atoms with Gasteiger partial charge in [-0.05, 0) is 5.41 Å². The van der Waals surface area contributed by atoms with E-state index in [2.05, 4.69) is 23.9 Å². The predicted octanol–water partition coefficient (Wildman–Crippen LogP) is 0.516. The Kier molecular flexibility index (Phi) is 0.649. The summed E-state index contributed by atoms with van der Waals surface area (Å²) in [4.78, 5) is 0. The molecule has 0 saturated carbocycles. The molecule has 2 fully saturated rings. The summed E-state index contributed by atoms with van der Waals surface area (Å²) in [5, 5.41) is 4.78. The van der Waals surface area contributed by atoms with Crippen LogP contribution in [0, 0.1) is 5.41 Å². The van der Waals surface area contributed by atoms with Crippen LogP contribution < -0.4 is 0 Å². The van der Waals surface area contributed by atoms with Gasteiger partial charge in [0, 0.05) is 13.1 Å². The quantitative estimate of drug-likeness (QED) is 0.421. The molecule has 2 nitrogen and oxygen atoms in total. The van der Waals surface area contributed by atoms with Crippen LogP contribution >= 0.6 is 0 Å². The topological polar surface area (TPSA) is 6.02 Å². The fourth-order valence-corrected chi connectivity index (χ4v) is 1.50. The summed E-state index contributed by atoms with van der Waals surface area (Å²) in [7, 11) is 0. The Morgan fingerprint density at radius 3 is 1.88 bits per heavy atom. The number of rotatable bonds is 0. The highest BCUT2D eigenvalue weighted by molar-refractivity contribution is 4.89. The van der Waals surface area contributed by atoms with Crippen molar-refractivity contribution in [1.82, 2.24) is 10.0 Å². The molecule has 0 radical (unpaired) electrons. The fourth-order valence-electron chi connectivity index (χ4n) is 1.50. The molecular weight excluding hydrogens is 100 g/mol. The molecular formula is C6H12N2. The van der Waals surface area contributed by atoms with Crippen LogP contribution in [0.1, 0.15) is 13.8 Å². The first-order valence-electron chi connectivity index (χ1n) is 3.17. The normalized spacial score (nSPS) is 48.8. The Bertz CT molecular complexity index is 108. The van der Waals surface area contributed by atoms with Crippen molar-refractivity contribution in [3.63, 3.8) is 0 Å². The number of hydrogen-bond acceptors (Lipinski definition) is 2. The van der Waals surface area contributed by atoms with Crippen molar-refractivity contribution in [2.75, 3.05) is 19.8 Å². The maximum absolute atomic E-state index is 2.39. The van der Waals surface area contributed by atoms with Crippen LogP contribution in [0.3, 0.4) is 0 Å². The second kappa shape index (κ2) is 1.09. The van der Waals surface area contributed by atoms with Crippen molar-refractivity contribution < 1.29 is 0 Å². The first kappa shape index (κ1) is 4.77. The van der Waals surface area contributed by atoms with Gasteiger partial charge in [0.1, 0.15) is 0 Å². The highest BCUT2D eigenvalue weighted by Crippen LogP contribution is 2.34. The third-order valence-corrected chi connectivity index (χ3v) is 1.86. The van der Waals surface area contributed by atoms with Gasteiger partial charge in [0.25, 0.3) is 0 Å². The zero-order valence-electron chi connectivity index (χ0n) is 5.52. The summed E-state index contributed by atoms with van der Waals surface area (Å²) in [6.07, 6.45) is 0. The highest BCUT2D eigenvalue weighted by atomic mass is 15.8. The van der Waals surface area contributed by atoms with Gasteiger partial charge in [-0.1, -0.05) is 13.8 Å². The van der Waals surface area contributed by atoms with E-state index in [9.17, 15) is 0 Å². The summed E-state index contributed by atoms with van der Waals surface area (Å²) in [5.74, 6) is 0. The van der Waals surface area contributed by atoms with E-state index in [4.69, 9.17) is 0 Å². The van der Waals surface area contributed by atoms with Crippen LogP contribution in [-0.4, -0.2) is 29.8 Å². The van der Waals surface area contributed by atoms with Crippen LogP contribution in [0.5, 0.6) is 0 Å². The molecule has 46 valence electrons. The van der Waals surface area contributed by atoms with E-state index in [1.54, 1.807) is 0 Å². The molecule has 2 rings (SSSR count). The number of fused-ring (bicyclic) bond motifs is 1. The molecule has 0 bridgehead atoms. The Hall–Kier alpha value is -0.0800. The standard InChI is InChI=1S/C6H12N2/c1-6(2)3-7-5-8(7)4-6/h3-5H2,1-2H3. The lowest BCUT2D eigenvalue weighted by molar-refractivity contribution is 0.369. The minimum atomic E-state index is 0.568. The lowest BCUT2D eigenvalue weighted by atomic mass is 9.95. The molecule has 8 heavy (non-hydrogen) atoms. The van der Waals surface area contributed by atoms with Crippen LogP contribution in [0.15, 0.2) is 0 Å². The average molecular weight is 112 g/mol. The zero-order chi connectivity index (χ0) is 5.78. The molecule has 0 N–H and O–H groups in total. The Morgan fingerprint density at radius 2 is 1.62 bits per heavy atom. The summed E-state index contributed by atoms with van der Waals surface area (Å²) < 4.78 is 0. The molecule has 2 aliphatic rings. The molecule has 0 aromatic rings. The number of nitrogens with zero attached hydrogens (tertiary/aromatic N) is 2. The van der Waals surface area contributed by atoms with Crippen LogP contribution in [0.25, 0.3) is 0 Å². The zero-order valence-corrected chi connectivity index (χ0v) is 5.52. The van der Waals surface area contributed by atoms with Gasteiger partial charge >= 0.3 is 0 Å². The summed E-state index contributed by atoms with van der Waals surface area (Å²) >= 11 is 0. The lowest BCUT2D eigenvalue weighted by Gasteiger charge is -2.15. The highest BCUT2D eigenvalue weighted by Gasteiger charge is 2.45. The molecule has 0 amide bonds. The van der Waals surface area contributed by atoms with Crippen LogP contribution in [0.4, 0.5) is 0 Å². The smallest absolute Gasteiger partial charge is 0.0788 e. The summed E-state index contributed by atoms with van der Waals surface area (Å²) in [5.41, 5.74) is 0.568. The largest absolute Gasteiger partial charge is 0.224 e. The predicted molar refractivity (Wildman–Crippen MR) is 32.1 cm³/mol. The van der Waals surface area contributed by atoms with E-state index in [-0.39, 0.29) is 0 Å². The van der Waals surface area contributed by atoms with E-state index in [0.717, 1.165) is 0 Å². The van der Waals surface area contributed by atoms with Crippen molar-refractivity contribution in [3.05, 3.63) is 0 Å². The minimum absolute atomic E-state index is 0.568. The van der Waals surface area contributed by atoms with Gasteiger partial charge in [-0.2, -0.15) is 0 Å². The lowest BCUT2D eigenvalue weighted by Crippen LogP contribution is -2.21. The van der Waals surface area contributed by atoms with Crippen molar-refractivity contribution in [2.45, 2.75) is 13.8 Å². The average Bonchev–Trinajstić information content (AvgIpc) is 2.11. The molecule has 2 saturated heterocycles. The Morgan fingerprint density at radius 1 is 1.12 bits per heavy atom. The second-order valence-electron chi connectivity index (χ2n) is 3.63. The second-order valence-corrected chi connectivity index (χ2v) is 3.63. The van der Waals surface area contributed by atoms with Crippen LogP contribution in [-0.2, 0) is 0 Å². The first-order chi connectivity index (χ1) is 3.67. The van der Waals surface area contributed by atoms with Gasteiger partial charge in [-0.25, -0.2) is 10.0 Å². The summed E-state index contributed by atoms with van der Waals surface area (Å²) in [6.45, 7) is 8.40. The third kappa shape index (κ3) is 0.565. The maximum atomic E-state index is 2.39. The van der Waals surface area contributed by atoms with Crippen LogP contribution in [0.2, 0.25) is 0 Å². The molecule has 0 aromatic heterocycles. The monoisotopic (exact) mass is 112 g/mol. The Labute approximate surface area is 50.0 Å². The van der Waals surface area contributed by atoms with Gasteiger partial charge in [0.15, 0.2) is 0 Å². The van der Waals surface area contributed by atoms with Gasteiger partial charge in [-0.15, -0.1) is 0 Å². The van der Waals surface area contributed by atoms with Crippen molar-refractivity contribution in [3.8, 4) is 0 Å². The van der Waals surface area contributed by atoms with Crippen molar-refractivity contribution >= 4 is 0 Å². The maximum Gasteiger partial charge on any atom is 0.0788 e.